The summed E-state index contributed by atoms with van der Waals surface area (Å²) in [6, 6.07) is 16.2. The van der Waals surface area contributed by atoms with E-state index in [1.54, 1.807) is 0 Å². The molecule has 1 aromatic heterocycles. The predicted octanol–water partition coefficient (Wildman–Crippen LogP) is 3.05. The highest BCUT2D eigenvalue weighted by atomic mass is 16.4. The molecule has 0 spiro atoms. The van der Waals surface area contributed by atoms with Gasteiger partial charge < -0.3 is 14.3 Å². The van der Waals surface area contributed by atoms with Crippen LogP contribution in [0, 0.1) is 0 Å². The number of furan rings is 1. The molecule has 0 saturated carbocycles. The first-order valence-electron chi connectivity index (χ1n) is 7.24. The lowest BCUT2D eigenvalue weighted by atomic mass is 9.78. The molecule has 0 bridgehead atoms. The maximum atomic E-state index is 10.9. The summed E-state index contributed by atoms with van der Waals surface area (Å²) in [5.41, 5.74) is 3.50. The van der Waals surface area contributed by atoms with Gasteiger partial charge in [-0.15, -0.1) is 0 Å². The monoisotopic (exact) mass is 293 g/mol. The molecular weight excluding hydrogens is 276 g/mol. The molecule has 0 unspecified atom stereocenters. The highest BCUT2D eigenvalue weighted by molar-refractivity contribution is 5.85. The fourth-order valence-electron chi connectivity index (χ4n) is 2.78. The molecule has 0 atom stereocenters. The normalized spacial score (nSPS) is 11.7. The molecule has 3 rings (SSSR count). The van der Waals surface area contributed by atoms with Gasteiger partial charge in [-0.25, -0.2) is 0 Å². The van der Waals surface area contributed by atoms with E-state index in [9.17, 15) is 9.90 Å². The minimum Gasteiger partial charge on any atom is -0.550 e. The number of carboxylic acid groups (broad SMARTS) is 1. The van der Waals surface area contributed by atoms with E-state index in [0.29, 0.717) is 11.1 Å². The van der Waals surface area contributed by atoms with Crippen LogP contribution in [-0.2, 0) is 16.6 Å². The lowest BCUT2D eigenvalue weighted by Crippen LogP contribution is -2.24. The smallest absolute Gasteiger partial charge is 0.134 e. The Kier molecular flexibility index (Phi) is 3.49. The zero-order chi connectivity index (χ0) is 15.7. The Hall–Kier alpha value is -2.55. The first-order chi connectivity index (χ1) is 10.5. The largest absolute Gasteiger partial charge is 0.550 e. The van der Waals surface area contributed by atoms with Gasteiger partial charge in [0.15, 0.2) is 0 Å². The van der Waals surface area contributed by atoms with E-state index in [1.807, 2.05) is 36.4 Å². The van der Waals surface area contributed by atoms with Gasteiger partial charge in [0.1, 0.15) is 5.58 Å². The summed E-state index contributed by atoms with van der Waals surface area (Å²) in [7, 11) is 0. The zero-order valence-corrected chi connectivity index (χ0v) is 12.6. The second-order valence-corrected chi connectivity index (χ2v) is 6.01. The molecule has 22 heavy (non-hydrogen) atoms. The van der Waals surface area contributed by atoms with Crippen LogP contribution >= 0.6 is 0 Å². The standard InChI is InChI=1S/C19H18O3/c1-19(2,14-6-4-3-5-7-14)15-8-9-17-16(11-15)13(12-22-17)10-18(20)21/h3-9,11-12H,10H2,1-2H3,(H,20,21)/p-1. The van der Waals surface area contributed by atoms with Crippen molar-refractivity contribution in [3.8, 4) is 0 Å². The summed E-state index contributed by atoms with van der Waals surface area (Å²) in [6.07, 6.45) is 1.36. The van der Waals surface area contributed by atoms with Crippen molar-refractivity contribution in [2.75, 3.05) is 0 Å². The van der Waals surface area contributed by atoms with Crippen LogP contribution in [0.5, 0.6) is 0 Å². The van der Waals surface area contributed by atoms with Gasteiger partial charge in [-0.2, -0.15) is 0 Å². The fourth-order valence-corrected chi connectivity index (χ4v) is 2.78. The number of hydrogen-bond acceptors (Lipinski definition) is 3. The van der Waals surface area contributed by atoms with Crippen LogP contribution < -0.4 is 5.11 Å². The summed E-state index contributed by atoms with van der Waals surface area (Å²) in [6.45, 7) is 4.31. The van der Waals surface area contributed by atoms with E-state index in [2.05, 4.69) is 26.0 Å². The summed E-state index contributed by atoms with van der Waals surface area (Å²) in [4.78, 5) is 10.9. The van der Waals surface area contributed by atoms with E-state index >= 15 is 0 Å². The molecule has 3 nitrogen and oxygen atoms in total. The Bertz CT molecular complexity index is 813. The second kappa shape index (κ2) is 5.34. The Labute approximate surface area is 129 Å². The first kappa shape index (κ1) is 14.4. The van der Waals surface area contributed by atoms with E-state index in [0.717, 1.165) is 10.9 Å². The van der Waals surface area contributed by atoms with Crippen LogP contribution in [0.4, 0.5) is 0 Å². The number of benzene rings is 2. The lowest BCUT2D eigenvalue weighted by Gasteiger charge is -2.26. The summed E-state index contributed by atoms with van der Waals surface area (Å²) < 4.78 is 5.43. The van der Waals surface area contributed by atoms with Gasteiger partial charge in [0.25, 0.3) is 0 Å². The van der Waals surface area contributed by atoms with Gasteiger partial charge in [-0.05, 0) is 23.3 Å². The van der Waals surface area contributed by atoms with Crippen LogP contribution in [0.1, 0.15) is 30.5 Å². The fraction of sp³-hybridized carbons (Fsp3) is 0.211. The summed E-state index contributed by atoms with van der Waals surface area (Å²) in [5.74, 6) is -1.10. The molecule has 112 valence electrons. The Morgan fingerprint density at radius 1 is 1.09 bits per heavy atom. The third-order valence-corrected chi connectivity index (χ3v) is 4.21. The van der Waals surface area contributed by atoms with Gasteiger partial charge in [0, 0.05) is 28.8 Å². The highest BCUT2D eigenvalue weighted by Gasteiger charge is 2.23. The number of carbonyl (C=O) groups is 1. The van der Waals surface area contributed by atoms with E-state index in [4.69, 9.17) is 4.42 Å². The maximum Gasteiger partial charge on any atom is 0.134 e. The Morgan fingerprint density at radius 3 is 2.50 bits per heavy atom. The van der Waals surface area contributed by atoms with Crippen LogP contribution in [0.3, 0.4) is 0 Å². The van der Waals surface area contributed by atoms with Crippen molar-refractivity contribution < 1.29 is 14.3 Å². The van der Waals surface area contributed by atoms with Crippen molar-refractivity contribution in [3.63, 3.8) is 0 Å². The van der Waals surface area contributed by atoms with E-state index in [-0.39, 0.29) is 11.8 Å². The third-order valence-electron chi connectivity index (χ3n) is 4.21. The Balaban J connectivity index is 2.09. The lowest BCUT2D eigenvalue weighted by molar-refractivity contribution is -0.304. The molecule has 0 amide bonds. The van der Waals surface area contributed by atoms with Crippen molar-refractivity contribution in [2.45, 2.75) is 25.7 Å². The molecule has 0 aliphatic carbocycles. The molecule has 3 heteroatoms. The summed E-state index contributed by atoms with van der Waals surface area (Å²) >= 11 is 0. The molecule has 1 heterocycles. The van der Waals surface area contributed by atoms with Crippen LogP contribution in [0.25, 0.3) is 11.0 Å². The second-order valence-electron chi connectivity index (χ2n) is 6.01. The van der Waals surface area contributed by atoms with Crippen molar-refractivity contribution >= 4 is 16.9 Å². The van der Waals surface area contributed by atoms with Crippen molar-refractivity contribution in [1.82, 2.24) is 0 Å². The topological polar surface area (TPSA) is 53.3 Å². The predicted molar refractivity (Wildman–Crippen MR) is 83.5 cm³/mol. The molecular formula is C19H17O3-. The third kappa shape index (κ3) is 2.50. The van der Waals surface area contributed by atoms with Crippen LogP contribution in [-0.4, -0.2) is 5.97 Å². The summed E-state index contributed by atoms with van der Waals surface area (Å²) in [5, 5.41) is 11.7. The highest BCUT2D eigenvalue weighted by Crippen LogP contribution is 2.34. The van der Waals surface area contributed by atoms with Crippen LogP contribution in [0.15, 0.2) is 59.2 Å². The molecule has 0 N–H and O–H groups in total. The average Bonchev–Trinajstić information content (AvgIpc) is 2.90. The van der Waals surface area contributed by atoms with Crippen molar-refractivity contribution in [2.24, 2.45) is 0 Å². The number of carboxylic acids is 1. The Morgan fingerprint density at radius 2 is 1.82 bits per heavy atom. The maximum absolute atomic E-state index is 10.9. The first-order valence-corrected chi connectivity index (χ1v) is 7.24. The SMILES string of the molecule is CC(C)(c1ccccc1)c1ccc2occ(CC(=O)[O-])c2c1. The number of aliphatic carboxylic acids is 1. The van der Waals surface area contributed by atoms with Crippen LogP contribution in [0.2, 0.25) is 0 Å². The number of fused-ring (bicyclic) bond motifs is 1. The number of hydrogen-bond donors (Lipinski definition) is 0. The zero-order valence-electron chi connectivity index (χ0n) is 12.6. The minimum atomic E-state index is -1.10. The minimum absolute atomic E-state index is 0.137. The number of rotatable bonds is 4. The number of carbonyl (C=O) groups excluding carboxylic acids is 1. The van der Waals surface area contributed by atoms with E-state index in [1.165, 1.54) is 11.8 Å². The van der Waals surface area contributed by atoms with Gasteiger partial charge >= 0.3 is 0 Å². The van der Waals surface area contributed by atoms with Crippen molar-refractivity contribution in [3.05, 3.63) is 71.5 Å². The molecule has 0 aliphatic rings. The average molecular weight is 293 g/mol. The molecule has 0 fully saturated rings. The molecule has 3 aromatic rings. The quantitative estimate of drug-likeness (QED) is 0.743. The molecule has 0 aliphatic heterocycles. The molecule has 2 aromatic carbocycles. The van der Waals surface area contributed by atoms with Gasteiger partial charge in [-0.3, -0.25) is 0 Å². The molecule has 0 saturated heterocycles. The van der Waals surface area contributed by atoms with Gasteiger partial charge in [-0.1, -0.05) is 50.2 Å². The van der Waals surface area contributed by atoms with E-state index < -0.39 is 5.97 Å². The van der Waals surface area contributed by atoms with Gasteiger partial charge in [0.05, 0.1) is 6.26 Å². The molecule has 0 radical (unpaired) electrons. The van der Waals surface area contributed by atoms with Crippen molar-refractivity contribution in [1.29, 1.82) is 0 Å². The van der Waals surface area contributed by atoms with Gasteiger partial charge in [0.2, 0.25) is 0 Å².